The zero-order valence-corrected chi connectivity index (χ0v) is 11.3. The van der Waals surface area contributed by atoms with E-state index in [4.69, 9.17) is 10.5 Å². The van der Waals surface area contributed by atoms with Gasteiger partial charge in [-0.1, -0.05) is 41.6 Å². The molecule has 0 saturated carbocycles. The fourth-order valence-electron chi connectivity index (χ4n) is 2.36. The molecule has 5 nitrogen and oxygen atoms in total. The van der Waals surface area contributed by atoms with Gasteiger partial charge in [0, 0.05) is 19.0 Å². The van der Waals surface area contributed by atoms with E-state index in [9.17, 15) is 0 Å². The van der Waals surface area contributed by atoms with Gasteiger partial charge in [-0.2, -0.15) is 0 Å². The Kier molecular flexibility index (Phi) is 3.45. The van der Waals surface area contributed by atoms with Crippen molar-refractivity contribution in [2.75, 3.05) is 7.11 Å². The maximum Gasteiger partial charge on any atom is 0.102 e. The molecular weight excluding hydrogens is 252 g/mol. The molecule has 0 aliphatic rings. The number of aromatic nitrogens is 3. The average Bonchev–Trinajstić information content (AvgIpc) is 2.90. The lowest BCUT2D eigenvalue weighted by molar-refractivity contribution is 0.178. The molecule has 0 spiro atoms. The predicted octanol–water partition coefficient (Wildman–Crippen LogP) is 2.03. The molecule has 2 aromatic carbocycles. The second-order valence-electron chi connectivity index (χ2n) is 4.53. The monoisotopic (exact) mass is 268 g/mol. The highest BCUT2D eigenvalue weighted by atomic mass is 16.5. The Morgan fingerprint density at radius 2 is 1.95 bits per heavy atom. The van der Waals surface area contributed by atoms with Crippen LogP contribution in [0.3, 0.4) is 0 Å². The summed E-state index contributed by atoms with van der Waals surface area (Å²) in [5.41, 5.74) is 8.36. The van der Waals surface area contributed by atoms with Crippen LogP contribution in [-0.2, 0) is 17.9 Å². The van der Waals surface area contributed by atoms with Crippen molar-refractivity contribution < 1.29 is 4.74 Å². The van der Waals surface area contributed by atoms with Crippen LogP contribution in [0, 0.1) is 0 Å². The van der Waals surface area contributed by atoms with Crippen LogP contribution >= 0.6 is 0 Å². The quantitative estimate of drug-likeness (QED) is 0.786. The minimum Gasteiger partial charge on any atom is -0.378 e. The molecule has 0 radical (unpaired) electrons. The fourth-order valence-corrected chi connectivity index (χ4v) is 2.36. The summed E-state index contributed by atoms with van der Waals surface area (Å²) in [6.45, 7) is 0.784. The van der Waals surface area contributed by atoms with E-state index in [0.29, 0.717) is 13.2 Å². The van der Waals surface area contributed by atoms with Gasteiger partial charge in [0.15, 0.2) is 0 Å². The summed E-state index contributed by atoms with van der Waals surface area (Å²) in [7, 11) is 1.65. The molecule has 1 heterocycles. The largest absolute Gasteiger partial charge is 0.378 e. The SMILES string of the molecule is COCc1c(CN)nnn1-c1cccc2ccccc12. The number of nitrogens with two attached hydrogens (primary N) is 1. The predicted molar refractivity (Wildman–Crippen MR) is 77.5 cm³/mol. The van der Waals surface area contributed by atoms with Crippen molar-refractivity contribution in [3.8, 4) is 5.69 Å². The number of nitrogens with zero attached hydrogens (tertiary/aromatic N) is 3. The van der Waals surface area contributed by atoms with E-state index in [2.05, 4.69) is 28.5 Å². The first-order valence-electron chi connectivity index (χ1n) is 6.45. The maximum atomic E-state index is 5.71. The number of rotatable bonds is 4. The van der Waals surface area contributed by atoms with Crippen LogP contribution in [-0.4, -0.2) is 22.1 Å². The van der Waals surface area contributed by atoms with Crippen LogP contribution < -0.4 is 5.73 Å². The normalized spacial score (nSPS) is 11.1. The lowest BCUT2D eigenvalue weighted by atomic mass is 10.1. The van der Waals surface area contributed by atoms with E-state index in [1.807, 2.05) is 28.9 Å². The van der Waals surface area contributed by atoms with E-state index in [1.165, 1.54) is 0 Å². The van der Waals surface area contributed by atoms with Gasteiger partial charge in [-0.05, 0) is 11.5 Å². The van der Waals surface area contributed by atoms with Crippen molar-refractivity contribution in [1.82, 2.24) is 15.0 Å². The van der Waals surface area contributed by atoms with Crippen molar-refractivity contribution in [2.45, 2.75) is 13.2 Å². The molecule has 5 heteroatoms. The van der Waals surface area contributed by atoms with E-state index in [0.717, 1.165) is 27.8 Å². The maximum absolute atomic E-state index is 5.71. The Labute approximate surface area is 117 Å². The molecule has 0 amide bonds. The molecular formula is C15H16N4O. The van der Waals surface area contributed by atoms with Crippen molar-refractivity contribution >= 4 is 10.8 Å². The number of hydrogen-bond acceptors (Lipinski definition) is 4. The first-order chi connectivity index (χ1) is 9.85. The first-order valence-corrected chi connectivity index (χ1v) is 6.45. The smallest absolute Gasteiger partial charge is 0.102 e. The molecule has 0 fully saturated rings. The van der Waals surface area contributed by atoms with Crippen LogP contribution in [0.4, 0.5) is 0 Å². The summed E-state index contributed by atoms with van der Waals surface area (Å²) >= 11 is 0. The molecule has 0 saturated heterocycles. The Hall–Kier alpha value is -2.24. The van der Waals surface area contributed by atoms with Crippen molar-refractivity contribution in [2.24, 2.45) is 5.73 Å². The van der Waals surface area contributed by atoms with Crippen molar-refractivity contribution in [3.05, 3.63) is 53.9 Å². The molecule has 3 aromatic rings. The molecule has 2 N–H and O–H groups in total. The van der Waals surface area contributed by atoms with Gasteiger partial charge >= 0.3 is 0 Å². The average molecular weight is 268 g/mol. The molecule has 0 aliphatic carbocycles. The van der Waals surface area contributed by atoms with Gasteiger partial charge < -0.3 is 10.5 Å². The topological polar surface area (TPSA) is 66.0 Å². The van der Waals surface area contributed by atoms with Gasteiger partial charge in [0.25, 0.3) is 0 Å². The summed E-state index contributed by atoms with van der Waals surface area (Å²) < 4.78 is 7.06. The first kappa shape index (κ1) is 12.8. The van der Waals surface area contributed by atoms with Gasteiger partial charge in [0.2, 0.25) is 0 Å². The highest BCUT2D eigenvalue weighted by Crippen LogP contribution is 2.23. The third kappa shape index (κ3) is 2.07. The van der Waals surface area contributed by atoms with E-state index in [-0.39, 0.29) is 0 Å². The Morgan fingerprint density at radius 3 is 2.75 bits per heavy atom. The zero-order chi connectivity index (χ0) is 13.9. The Balaban J connectivity index is 2.23. The number of benzene rings is 2. The molecule has 0 aliphatic heterocycles. The van der Waals surface area contributed by atoms with Crippen LogP contribution in [0.2, 0.25) is 0 Å². The molecule has 1 aromatic heterocycles. The molecule has 102 valence electrons. The third-order valence-electron chi connectivity index (χ3n) is 3.31. The standard InChI is InChI=1S/C15H16N4O/c1-20-10-15-13(9-16)17-18-19(15)14-8-4-6-11-5-2-3-7-12(11)14/h2-8H,9-10,16H2,1H3. The second-order valence-corrected chi connectivity index (χ2v) is 4.53. The van der Waals surface area contributed by atoms with Gasteiger partial charge in [-0.25, -0.2) is 4.68 Å². The fraction of sp³-hybridized carbons (Fsp3) is 0.200. The van der Waals surface area contributed by atoms with Gasteiger partial charge in [0.1, 0.15) is 5.69 Å². The summed E-state index contributed by atoms with van der Waals surface area (Å²) in [5.74, 6) is 0. The number of methoxy groups -OCH3 is 1. The van der Waals surface area contributed by atoms with E-state index >= 15 is 0 Å². The summed E-state index contributed by atoms with van der Waals surface area (Å²) in [6.07, 6.45) is 0. The summed E-state index contributed by atoms with van der Waals surface area (Å²) in [4.78, 5) is 0. The van der Waals surface area contributed by atoms with E-state index < -0.39 is 0 Å². The minimum atomic E-state index is 0.351. The third-order valence-corrected chi connectivity index (χ3v) is 3.31. The molecule has 0 atom stereocenters. The molecule has 0 bridgehead atoms. The van der Waals surface area contributed by atoms with Crippen molar-refractivity contribution in [1.29, 1.82) is 0 Å². The minimum absolute atomic E-state index is 0.351. The lowest BCUT2D eigenvalue weighted by Gasteiger charge is -2.09. The number of fused-ring (bicyclic) bond motifs is 1. The highest BCUT2D eigenvalue weighted by Gasteiger charge is 2.14. The highest BCUT2D eigenvalue weighted by molar-refractivity contribution is 5.90. The Bertz CT molecular complexity index is 730. The molecule has 0 unspecified atom stereocenters. The van der Waals surface area contributed by atoms with Crippen LogP contribution in [0.15, 0.2) is 42.5 Å². The van der Waals surface area contributed by atoms with Gasteiger partial charge in [-0.3, -0.25) is 0 Å². The molecule has 3 rings (SSSR count). The number of hydrogen-bond donors (Lipinski definition) is 1. The van der Waals surface area contributed by atoms with Crippen LogP contribution in [0.5, 0.6) is 0 Å². The molecule has 20 heavy (non-hydrogen) atoms. The zero-order valence-electron chi connectivity index (χ0n) is 11.3. The van der Waals surface area contributed by atoms with Crippen LogP contribution in [0.25, 0.3) is 16.5 Å². The second kappa shape index (κ2) is 5.40. The van der Waals surface area contributed by atoms with Crippen molar-refractivity contribution in [3.63, 3.8) is 0 Å². The van der Waals surface area contributed by atoms with E-state index in [1.54, 1.807) is 7.11 Å². The van der Waals surface area contributed by atoms with Gasteiger partial charge in [0.05, 0.1) is 18.0 Å². The summed E-state index contributed by atoms with van der Waals surface area (Å²) in [5, 5.41) is 10.7. The van der Waals surface area contributed by atoms with Gasteiger partial charge in [-0.15, -0.1) is 5.10 Å². The lowest BCUT2D eigenvalue weighted by Crippen LogP contribution is -2.07. The Morgan fingerprint density at radius 1 is 1.15 bits per heavy atom. The number of ether oxygens (including phenoxy) is 1. The van der Waals surface area contributed by atoms with Crippen LogP contribution in [0.1, 0.15) is 11.4 Å². The summed E-state index contributed by atoms with van der Waals surface area (Å²) in [6, 6.07) is 14.3.